The summed E-state index contributed by atoms with van der Waals surface area (Å²) in [6.45, 7) is 5.45. The van der Waals surface area contributed by atoms with Crippen LogP contribution in [-0.2, 0) is 14.8 Å². The number of methoxy groups -OCH3 is 1. The Kier molecular flexibility index (Phi) is 7.38. The average molecular weight is 372 g/mol. The van der Waals surface area contributed by atoms with Crippen molar-refractivity contribution in [2.75, 3.05) is 26.7 Å². The van der Waals surface area contributed by atoms with Gasteiger partial charge < -0.3 is 15.2 Å². The smallest absolute Gasteiger partial charge is 0.308 e. The Morgan fingerprint density at radius 1 is 1.28 bits per heavy atom. The highest BCUT2D eigenvalue weighted by Crippen LogP contribution is 2.24. The zero-order valence-corrected chi connectivity index (χ0v) is 15.6. The van der Waals surface area contributed by atoms with Crippen molar-refractivity contribution >= 4 is 21.9 Å². The molecule has 1 amide bonds. The van der Waals surface area contributed by atoms with Gasteiger partial charge in [0.2, 0.25) is 10.0 Å². The number of nitrogens with zero attached hydrogens (tertiary/aromatic N) is 1. The van der Waals surface area contributed by atoms with Gasteiger partial charge in [-0.3, -0.25) is 9.59 Å². The predicted molar refractivity (Wildman–Crippen MR) is 92.2 cm³/mol. The van der Waals surface area contributed by atoms with Crippen molar-refractivity contribution in [3.8, 4) is 5.75 Å². The lowest BCUT2D eigenvalue weighted by Gasteiger charge is -2.19. The number of sulfonamides is 1. The number of carbonyl (C=O) groups excluding carboxylic acids is 1. The Morgan fingerprint density at radius 3 is 2.36 bits per heavy atom. The zero-order valence-electron chi connectivity index (χ0n) is 14.8. The van der Waals surface area contributed by atoms with Crippen LogP contribution in [0.5, 0.6) is 5.75 Å². The normalized spacial score (nSPS) is 12.7. The number of hydrogen-bond donors (Lipinski definition) is 2. The molecule has 0 aromatic heterocycles. The van der Waals surface area contributed by atoms with E-state index in [-0.39, 0.29) is 22.8 Å². The molecule has 0 saturated carbocycles. The van der Waals surface area contributed by atoms with E-state index in [0.29, 0.717) is 13.1 Å². The van der Waals surface area contributed by atoms with Crippen molar-refractivity contribution in [1.29, 1.82) is 0 Å². The van der Waals surface area contributed by atoms with Crippen LogP contribution in [0.2, 0.25) is 0 Å². The largest absolute Gasteiger partial charge is 0.496 e. The molecule has 9 heteroatoms. The average Bonchev–Trinajstić information content (AvgIpc) is 2.59. The number of aliphatic carboxylic acids is 1. The Morgan fingerprint density at radius 2 is 1.88 bits per heavy atom. The van der Waals surface area contributed by atoms with E-state index in [4.69, 9.17) is 9.84 Å². The summed E-state index contributed by atoms with van der Waals surface area (Å²) in [6, 6.07) is 4.03. The molecule has 25 heavy (non-hydrogen) atoms. The minimum Gasteiger partial charge on any atom is -0.496 e. The molecule has 0 saturated heterocycles. The molecule has 2 N–H and O–H groups in total. The molecular weight excluding hydrogens is 348 g/mol. The molecule has 1 rings (SSSR count). The molecule has 1 aromatic carbocycles. The molecule has 140 valence electrons. The summed E-state index contributed by atoms with van der Waals surface area (Å²) in [5.74, 6) is -2.19. The van der Waals surface area contributed by atoms with Gasteiger partial charge in [-0.15, -0.1) is 0 Å². The molecule has 1 aromatic rings. The van der Waals surface area contributed by atoms with E-state index in [1.807, 2.05) is 0 Å². The molecule has 1 unspecified atom stereocenters. The van der Waals surface area contributed by atoms with E-state index in [0.717, 1.165) is 0 Å². The lowest BCUT2D eigenvalue weighted by atomic mass is 10.1. The summed E-state index contributed by atoms with van der Waals surface area (Å²) >= 11 is 0. The third-order valence-electron chi connectivity index (χ3n) is 3.75. The van der Waals surface area contributed by atoms with Crippen LogP contribution in [0.1, 0.15) is 31.1 Å². The summed E-state index contributed by atoms with van der Waals surface area (Å²) in [4.78, 5) is 23.2. The van der Waals surface area contributed by atoms with Crippen LogP contribution < -0.4 is 10.1 Å². The molecule has 0 aliphatic heterocycles. The summed E-state index contributed by atoms with van der Waals surface area (Å²) < 4.78 is 31.6. The molecular formula is C16H24N2O6S. The molecule has 0 heterocycles. The quantitative estimate of drug-likeness (QED) is 0.673. The van der Waals surface area contributed by atoms with Gasteiger partial charge in [0.15, 0.2) is 0 Å². The van der Waals surface area contributed by atoms with Gasteiger partial charge in [0.1, 0.15) is 5.75 Å². The SMILES string of the molecule is CCN(CC)S(=O)(=O)c1ccc(OC)c(C(=O)NCC(C)C(=O)O)c1. The molecule has 0 radical (unpaired) electrons. The minimum absolute atomic E-state index is 0.0200. The molecule has 0 bridgehead atoms. The Labute approximate surface area is 147 Å². The first-order valence-electron chi connectivity index (χ1n) is 7.88. The molecule has 0 fully saturated rings. The monoisotopic (exact) mass is 372 g/mol. The number of ether oxygens (including phenoxy) is 1. The van der Waals surface area contributed by atoms with Crippen molar-refractivity contribution in [2.24, 2.45) is 5.92 Å². The second kappa shape index (κ2) is 8.82. The van der Waals surface area contributed by atoms with Gasteiger partial charge in [-0.2, -0.15) is 4.31 Å². The summed E-state index contributed by atoms with van der Waals surface area (Å²) in [6.07, 6.45) is 0. The van der Waals surface area contributed by atoms with Crippen molar-refractivity contribution in [3.05, 3.63) is 23.8 Å². The first kappa shape index (κ1) is 20.9. The van der Waals surface area contributed by atoms with Gasteiger partial charge in [0, 0.05) is 19.6 Å². The minimum atomic E-state index is -3.72. The summed E-state index contributed by atoms with van der Waals surface area (Å²) in [5, 5.41) is 11.4. The highest BCUT2D eigenvalue weighted by Gasteiger charge is 2.24. The number of amides is 1. The Bertz CT molecular complexity index is 728. The van der Waals surface area contributed by atoms with Crippen molar-refractivity contribution in [2.45, 2.75) is 25.7 Å². The zero-order chi connectivity index (χ0) is 19.2. The first-order valence-corrected chi connectivity index (χ1v) is 9.32. The van der Waals surface area contributed by atoms with Gasteiger partial charge in [0.05, 0.1) is 23.5 Å². The third-order valence-corrected chi connectivity index (χ3v) is 5.80. The Balaban J connectivity index is 3.19. The highest BCUT2D eigenvalue weighted by molar-refractivity contribution is 7.89. The van der Waals surface area contributed by atoms with Crippen LogP contribution in [0.4, 0.5) is 0 Å². The number of rotatable bonds is 9. The van der Waals surface area contributed by atoms with E-state index in [1.165, 1.54) is 36.5 Å². The van der Waals surface area contributed by atoms with E-state index >= 15 is 0 Å². The number of nitrogens with one attached hydrogen (secondary N) is 1. The molecule has 0 aliphatic rings. The molecule has 0 aliphatic carbocycles. The van der Waals surface area contributed by atoms with Gasteiger partial charge >= 0.3 is 5.97 Å². The van der Waals surface area contributed by atoms with Crippen LogP contribution in [-0.4, -0.2) is 56.5 Å². The highest BCUT2D eigenvalue weighted by atomic mass is 32.2. The fourth-order valence-corrected chi connectivity index (χ4v) is 3.65. The van der Waals surface area contributed by atoms with E-state index in [9.17, 15) is 18.0 Å². The molecule has 0 spiro atoms. The summed E-state index contributed by atoms with van der Waals surface area (Å²) in [7, 11) is -2.36. The maximum Gasteiger partial charge on any atom is 0.308 e. The van der Waals surface area contributed by atoms with Crippen molar-refractivity contribution < 1.29 is 27.9 Å². The summed E-state index contributed by atoms with van der Waals surface area (Å²) in [5.41, 5.74) is 0.0355. The van der Waals surface area contributed by atoms with Crippen LogP contribution >= 0.6 is 0 Å². The predicted octanol–water partition coefficient (Wildman–Crippen LogP) is 1.18. The van der Waals surface area contributed by atoms with Gasteiger partial charge in [-0.05, 0) is 18.2 Å². The number of carboxylic acid groups (broad SMARTS) is 1. The number of benzene rings is 1. The van der Waals surface area contributed by atoms with Gasteiger partial charge in [0.25, 0.3) is 5.91 Å². The first-order chi connectivity index (χ1) is 11.7. The topological polar surface area (TPSA) is 113 Å². The van der Waals surface area contributed by atoms with E-state index in [1.54, 1.807) is 13.8 Å². The van der Waals surface area contributed by atoms with Gasteiger partial charge in [-0.25, -0.2) is 8.42 Å². The standard InChI is InChI=1S/C16H24N2O6S/c1-5-18(6-2)25(22,23)12-7-8-14(24-4)13(9-12)15(19)17-10-11(3)16(20)21/h7-9,11H,5-6,10H2,1-4H3,(H,17,19)(H,20,21). The number of hydrogen-bond acceptors (Lipinski definition) is 5. The van der Waals surface area contributed by atoms with Crippen LogP contribution in [0, 0.1) is 5.92 Å². The maximum atomic E-state index is 12.6. The molecule has 8 nitrogen and oxygen atoms in total. The number of carboxylic acids is 1. The van der Waals surface area contributed by atoms with Gasteiger partial charge in [-0.1, -0.05) is 20.8 Å². The second-order valence-corrected chi connectivity index (χ2v) is 7.34. The van der Waals surface area contributed by atoms with E-state index in [2.05, 4.69) is 5.32 Å². The lowest BCUT2D eigenvalue weighted by Crippen LogP contribution is -2.33. The van der Waals surface area contributed by atoms with Crippen molar-refractivity contribution in [1.82, 2.24) is 9.62 Å². The molecule has 1 atom stereocenters. The fourth-order valence-electron chi connectivity index (χ4n) is 2.17. The van der Waals surface area contributed by atoms with E-state index < -0.39 is 27.8 Å². The second-order valence-electron chi connectivity index (χ2n) is 5.40. The third kappa shape index (κ3) is 4.93. The van der Waals surface area contributed by atoms with Crippen LogP contribution in [0.25, 0.3) is 0 Å². The number of carbonyl (C=O) groups is 2. The Hall–Kier alpha value is -2.13. The van der Waals surface area contributed by atoms with Crippen LogP contribution in [0.3, 0.4) is 0 Å². The fraction of sp³-hybridized carbons (Fsp3) is 0.500. The lowest BCUT2D eigenvalue weighted by molar-refractivity contribution is -0.140. The van der Waals surface area contributed by atoms with Crippen molar-refractivity contribution in [3.63, 3.8) is 0 Å². The maximum absolute atomic E-state index is 12.6. The van der Waals surface area contributed by atoms with Crippen LogP contribution in [0.15, 0.2) is 23.1 Å².